The van der Waals surface area contributed by atoms with Gasteiger partial charge in [-0.1, -0.05) is 31.2 Å². The molecule has 1 aromatic carbocycles. The predicted molar refractivity (Wildman–Crippen MR) is 85.0 cm³/mol. The van der Waals surface area contributed by atoms with Crippen molar-refractivity contribution in [1.29, 1.82) is 0 Å². The Hall–Kier alpha value is -0.860. The molecule has 0 saturated carbocycles. The summed E-state index contributed by atoms with van der Waals surface area (Å²) in [4.78, 5) is 2.61. The second kappa shape index (κ2) is 5.87. The first-order chi connectivity index (χ1) is 9.67. The van der Waals surface area contributed by atoms with Gasteiger partial charge >= 0.3 is 0 Å². The predicted octanol–water partition coefficient (Wildman–Crippen LogP) is 3.52. The fourth-order valence-electron chi connectivity index (χ4n) is 4.04. The summed E-state index contributed by atoms with van der Waals surface area (Å²) in [6.07, 6.45) is 6.58. The van der Waals surface area contributed by atoms with E-state index in [2.05, 4.69) is 55.4 Å². The summed E-state index contributed by atoms with van der Waals surface area (Å²) in [7, 11) is 2.31. The maximum absolute atomic E-state index is 3.87. The average Bonchev–Trinajstić information content (AvgIpc) is 2.69. The molecule has 1 N–H and O–H groups in total. The Morgan fingerprint density at radius 3 is 2.30 bits per heavy atom. The van der Waals surface area contributed by atoms with Gasteiger partial charge in [-0.25, -0.2) is 0 Å². The van der Waals surface area contributed by atoms with Crippen molar-refractivity contribution >= 4 is 0 Å². The van der Waals surface area contributed by atoms with Crippen LogP contribution in [0.25, 0.3) is 0 Å². The standard InChI is InChI=1S/C18H28N2/c1-4-14-5-7-15(8-6-14)13(2)19-16-11-17-9-10-18(12-16)20(17)3/h5-8,13,16-19H,4,9-12H2,1-3H3. The molecule has 2 aliphatic rings. The molecule has 0 radical (unpaired) electrons. The molecule has 20 heavy (non-hydrogen) atoms. The van der Waals surface area contributed by atoms with Crippen molar-refractivity contribution in [3.8, 4) is 0 Å². The fraction of sp³-hybridized carbons (Fsp3) is 0.667. The third-order valence-corrected chi connectivity index (χ3v) is 5.47. The monoisotopic (exact) mass is 272 g/mol. The zero-order valence-corrected chi connectivity index (χ0v) is 13.1. The lowest BCUT2D eigenvalue weighted by Crippen LogP contribution is -2.47. The van der Waals surface area contributed by atoms with E-state index < -0.39 is 0 Å². The normalized spacial score (nSPS) is 31.4. The van der Waals surface area contributed by atoms with Gasteiger partial charge in [-0.2, -0.15) is 0 Å². The average molecular weight is 272 g/mol. The molecule has 2 nitrogen and oxygen atoms in total. The highest BCUT2D eigenvalue weighted by Crippen LogP contribution is 2.35. The topological polar surface area (TPSA) is 15.3 Å². The van der Waals surface area contributed by atoms with Crippen LogP contribution in [-0.4, -0.2) is 30.1 Å². The van der Waals surface area contributed by atoms with Gasteiger partial charge in [0.2, 0.25) is 0 Å². The number of fused-ring (bicyclic) bond motifs is 2. The second-order valence-electron chi connectivity index (χ2n) is 6.70. The van der Waals surface area contributed by atoms with E-state index in [4.69, 9.17) is 0 Å². The Labute approximate surface area is 123 Å². The van der Waals surface area contributed by atoms with E-state index in [-0.39, 0.29) is 0 Å². The smallest absolute Gasteiger partial charge is 0.0294 e. The molecule has 3 atom stereocenters. The van der Waals surface area contributed by atoms with E-state index in [1.54, 1.807) is 0 Å². The van der Waals surface area contributed by atoms with Crippen LogP contribution in [0.3, 0.4) is 0 Å². The first-order valence-corrected chi connectivity index (χ1v) is 8.24. The maximum Gasteiger partial charge on any atom is 0.0294 e. The van der Waals surface area contributed by atoms with Crippen molar-refractivity contribution in [2.24, 2.45) is 0 Å². The molecule has 2 heterocycles. The van der Waals surface area contributed by atoms with Gasteiger partial charge in [-0.05, 0) is 57.2 Å². The quantitative estimate of drug-likeness (QED) is 0.902. The molecule has 2 bridgehead atoms. The number of nitrogens with zero attached hydrogens (tertiary/aromatic N) is 1. The molecular formula is C18H28N2. The van der Waals surface area contributed by atoms with Crippen LogP contribution >= 0.6 is 0 Å². The summed E-state index contributed by atoms with van der Waals surface area (Å²) in [5, 5.41) is 3.87. The summed E-state index contributed by atoms with van der Waals surface area (Å²) in [6.45, 7) is 4.52. The summed E-state index contributed by atoms with van der Waals surface area (Å²) in [6, 6.07) is 11.9. The van der Waals surface area contributed by atoms with Crippen LogP contribution in [-0.2, 0) is 6.42 Å². The van der Waals surface area contributed by atoms with Crippen LogP contribution in [0.1, 0.15) is 56.7 Å². The molecule has 1 aromatic rings. The van der Waals surface area contributed by atoms with E-state index in [0.29, 0.717) is 12.1 Å². The van der Waals surface area contributed by atoms with Gasteiger partial charge in [0.05, 0.1) is 0 Å². The third kappa shape index (κ3) is 2.77. The third-order valence-electron chi connectivity index (χ3n) is 5.47. The van der Waals surface area contributed by atoms with Crippen molar-refractivity contribution in [3.63, 3.8) is 0 Å². The minimum absolute atomic E-state index is 0.466. The molecule has 2 aliphatic heterocycles. The zero-order valence-electron chi connectivity index (χ0n) is 13.1. The second-order valence-corrected chi connectivity index (χ2v) is 6.70. The van der Waals surface area contributed by atoms with Gasteiger partial charge in [-0.15, -0.1) is 0 Å². The van der Waals surface area contributed by atoms with Crippen LogP contribution in [0.5, 0.6) is 0 Å². The molecule has 3 rings (SSSR count). The number of aryl methyl sites for hydroxylation is 1. The lowest BCUT2D eigenvalue weighted by molar-refractivity contribution is 0.144. The number of hydrogen-bond donors (Lipinski definition) is 1. The molecule has 0 amide bonds. The Bertz CT molecular complexity index is 425. The number of nitrogens with one attached hydrogen (secondary N) is 1. The Balaban J connectivity index is 1.60. The van der Waals surface area contributed by atoms with E-state index in [9.17, 15) is 0 Å². The van der Waals surface area contributed by atoms with Gasteiger partial charge < -0.3 is 10.2 Å². The number of rotatable bonds is 4. The van der Waals surface area contributed by atoms with Crippen LogP contribution in [0, 0.1) is 0 Å². The highest BCUT2D eigenvalue weighted by Gasteiger charge is 2.38. The van der Waals surface area contributed by atoms with Gasteiger partial charge in [0.15, 0.2) is 0 Å². The summed E-state index contributed by atoms with van der Waals surface area (Å²) < 4.78 is 0. The molecule has 110 valence electrons. The van der Waals surface area contributed by atoms with Gasteiger partial charge in [-0.3, -0.25) is 0 Å². The van der Waals surface area contributed by atoms with E-state index in [1.807, 2.05) is 0 Å². The summed E-state index contributed by atoms with van der Waals surface area (Å²) >= 11 is 0. The first-order valence-electron chi connectivity index (χ1n) is 8.24. The highest BCUT2D eigenvalue weighted by molar-refractivity contribution is 5.24. The maximum atomic E-state index is 3.87. The minimum Gasteiger partial charge on any atom is -0.307 e. The van der Waals surface area contributed by atoms with Crippen LogP contribution in [0.2, 0.25) is 0 Å². The molecule has 0 spiro atoms. The Kier molecular flexibility index (Phi) is 4.13. The Morgan fingerprint density at radius 1 is 1.15 bits per heavy atom. The van der Waals surface area contributed by atoms with Crippen molar-refractivity contribution in [3.05, 3.63) is 35.4 Å². The lowest BCUT2D eigenvalue weighted by atomic mass is 9.96. The summed E-state index contributed by atoms with van der Waals surface area (Å²) in [5.41, 5.74) is 2.85. The van der Waals surface area contributed by atoms with Crippen LogP contribution in [0.4, 0.5) is 0 Å². The van der Waals surface area contributed by atoms with Crippen LogP contribution < -0.4 is 5.32 Å². The largest absolute Gasteiger partial charge is 0.307 e. The first kappa shape index (κ1) is 14.1. The zero-order chi connectivity index (χ0) is 14.1. The molecule has 0 aromatic heterocycles. The van der Waals surface area contributed by atoms with Crippen LogP contribution in [0.15, 0.2) is 24.3 Å². The minimum atomic E-state index is 0.466. The molecular weight excluding hydrogens is 244 g/mol. The van der Waals surface area contributed by atoms with E-state index in [1.165, 1.54) is 36.8 Å². The summed E-state index contributed by atoms with van der Waals surface area (Å²) in [5.74, 6) is 0. The molecule has 2 fully saturated rings. The molecule has 0 aliphatic carbocycles. The Morgan fingerprint density at radius 2 is 1.75 bits per heavy atom. The van der Waals surface area contributed by atoms with Gasteiger partial charge in [0.25, 0.3) is 0 Å². The van der Waals surface area contributed by atoms with Crippen molar-refractivity contribution in [1.82, 2.24) is 10.2 Å². The number of benzene rings is 1. The van der Waals surface area contributed by atoms with Crippen molar-refractivity contribution in [2.45, 2.75) is 70.1 Å². The van der Waals surface area contributed by atoms with Crippen molar-refractivity contribution < 1.29 is 0 Å². The SMILES string of the molecule is CCc1ccc(C(C)NC2CC3CCC(C2)N3C)cc1. The molecule has 3 unspecified atom stereocenters. The molecule has 2 saturated heterocycles. The number of hydrogen-bond acceptors (Lipinski definition) is 2. The van der Waals surface area contributed by atoms with E-state index >= 15 is 0 Å². The number of piperidine rings is 1. The molecule has 2 heteroatoms. The fourth-order valence-corrected chi connectivity index (χ4v) is 4.04. The lowest BCUT2D eigenvalue weighted by Gasteiger charge is -2.38. The van der Waals surface area contributed by atoms with Crippen molar-refractivity contribution in [2.75, 3.05) is 7.05 Å². The van der Waals surface area contributed by atoms with Gasteiger partial charge in [0.1, 0.15) is 0 Å². The van der Waals surface area contributed by atoms with E-state index in [0.717, 1.165) is 18.5 Å². The van der Waals surface area contributed by atoms with Gasteiger partial charge in [0, 0.05) is 24.2 Å². The highest BCUT2D eigenvalue weighted by atomic mass is 15.2.